The van der Waals surface area contributed by atoms with Crippen LogP contribution in [-0.4, -0.2) is 18.1 Å². The van der Waals surface area contributed by atoms with Crippen molar-refractivity contribution in [3.05, 3.63) is 29.3 Å². The third-order valence-corrected chi connectivity index (χ3v) is 3.68. The van der Waals surface area contributed by atoms with Gasteiger partial charge in [0.1, 0.15) is 4.99 Å². The zero-order chi connectivity index (χ0) is 13.2. The minimum absolute atomic E-state index is 0.466. The maximum Gasteiger partial charge on any atom is 0.104 e. The first kappa shape index (κ1) is 14.0. The van der Waals surface area contributed by atoms with Gasteiger partial charge in [0.2, 0.25) is 0 Å². The number of nitrogens with zero attached hydrogens (tertiary/aromatic N) is 1. The average molecular weight is 250 g/mol. The summed E-state index contributed by atoms with van der Waals surface area (Å²) in [6.45, 7) is 8.75. The van der Waals surface area contributed by atoms with E-state index in [0.29, 0.717) is 16.9 Å². The third kappa shape index (κ3) is 3.19. The van der Waals surface area contributed by atoms with E-state index in [1.165, 1.54) is 5.69 Å². The molecule has 0 heterocycles. The lowest BCUT2D eigenvalue weighted by atomic mass is 10.0. The Morgan fingerprint density at radius 3 is 2.29 bits per heavy atom. The molecule has 1 rings (SSSR count). The van der Waals surface area contributed by atoms with Crippen LogP contribution >= 0.6 is 12.2 Å². The van der Waals surface area contributed by atoms with Crippen molar-refractivity contribution in [3.63, 3.8) is 0 Å². The van der Waals surface area contributed by atoms with Crippen LogP contribution in [0.15, 0.2) is 18.2 Å². The first-order valence-corrected chi connectivity index (χ1v) is 6.38. The van der Waals surface area contributed by atoms with E-state index in [4.69, 9.17) is 18.0 Å². The number of nitrogens with two attached hydrogens (primary N) is 1. The topological polar surface area (TPSA) is 29.3 Å². The zero-order valence-electron chi connectivity index (χ0n) is 11.3. The molecule has 0 saturated heterocycles. The van der Waals surface area contributed by atoms with Crippen molar-refractivity contribution in [2.24, 2.45) is 11.7 Å². The Hall–Kier alpha value is -1.09. The highest BCUT2D eigenvalue weighted by atomic mass is 32.1. The number of aryl methyl sites for hydroxylation is 1. The summed E-state index contributed by atoms with van der Waals surface area (Å²) >= 11 is 5.02. The predicted octanol–water partition coefficient (Wildman–Crippen LogP) is 3.11. The fraction of sp³-hybridized carbons (Fsp3) is 0.500. The molecular formula is C14H22N2S. The lowest BCUT2D eigenvalue weighted by molar-refractivity contribution is 0.505. The van der Waals surface area contributed by atoms with Crippen LogP contribution in [-0.2, 0) is 0 Å². The Balaban J connectivity index is 3.01. The molecule has 17 heavy (non-hydrogen) atoms. The van der Waals surface area contributed by atoms with Crippen LogP contribution in [0.2, 0.25) is 0 Å². The van der Waals surface area contributed by atoms with Crippen LogP contribution in [0.4, 0.5) is 5.69 Å². The first-order valence-electron chi connectivity index (χ1n) is 5.98. The Bertz CT molecular complexity index is 413. The van der Waals surface area contributed by atoms with Crippen molar-refractivity contribution in [1.29, 1.82) is 0 Å². The van der Waals surface area contributed by atoms with Gasteiger partial charge in [0.15, 0.2) is 0 Å². The van der Waals surface area contributed by atoms with E-state index in [0.717, 1.165) is 11.1 Å². The number of anilines is 1. The molecule has 0 fully saturated rings. The summed E-state index contributed by atoms with van der Waals surface area (Å²) in [6.07, 6.45) is 0. The fourth-order valence-electron chi connectivity index (χ4n) is 1.83. The summed E-state index contributed by atoms with van der Waals surface area (Å²) in [5.41, 5.74) is 8.98. The molecule has 0 aromatic heterocycles. The molecule has 1 unspecified atom stereocenters. The molecule has 0 spiro atoms. The fourth-order valence-corrected chi connectivity index (χ4v) is 2.06. The lowest BCUT2D eigenvalue weighted by Crippen LogP contribution is -2.33. The maximum absolute atomic E-state index is 5.67. The Morgan fingerprint density at radius 1 is 1.29 bits per heavy atom. The van der Waals surface area contributed by atoms with Crippen molar-refractivity contribution in [2.75, 3.05) is 11.9 Å². The number of thiocarbonyl (C=S) groups is 1. The molecule has 0 radical (unpaired) electrons. The van der Waals surface area contributed by atoms with Crippen molar-refractivity contribution in [2.45, 2.75) is 33.7 Å². The molecule has 0 aliphatic rings. The van der Waals surface area contributed by atoms with Crippen LogP contribution < -0.4 is 10.6 Å². The molecule has 3 heteroatoms. The maximum atomic E-state index is 5.67. The van der Waals surface area contributed by atoms with Gasteiger partial charge in [0, 0.05) is 24.3 Å². The highest BCUT2D eigenvalue weighted by Gasteiger charge is 2.14. The zero-order valence-corrected chi connectivity index (χ0v) is 12.1. The summed E-state index contributed by atoms with van der Waals surface area (Å²) in [5.74, 6) is 0.621. The standard InChI is InChI=1S/C14H22N2S/c1-9(2)11(4)16(5)12-6-7-13(14(15)17)10(3)8-12/h6-9,11H,1-5H3,(H2,15,17). The minimum atomic E-state index is 0.466. The van der Waals surface area contributed by atoms with E-state index in [2.05, 4.69) is 44.9 Å². The predicted molar refractivity (Wildman–Crippen MR) is 79.8 cm³/mol. The Kier molecular flexibility index (Phi) is 4.52. The summed E-state index contributed by atoms with van der Waals surface area (Å²) < 4.78 is 0. The van der Waals surface area contributed by atoms with Gasteiger partial charge in [-0.2, -0.15) is 0 Å². The van der Waals surface area contributed by atoms with Gasteiger partial charge in [-0.25, -0.2) is 0 Å². The van der Waals surface area contributed by atoms with Gasteiger partial charge in [0.25, 0.3) is 0 Å². The second kappa shape index (κ2) is 5.50. The summed E-state index contributed by atoms with van der Waals surface area (Å²) in [7, 11) is 2.12. The molecule has 0 bridgehead atoms. The molecule has 0 saturated carbocycles. The van der Waals surface area contributed by atoms with E-state index >= 15 is 0 Å². The molecule has 1 aromatic carbocycles. The van der Waals surface area contributed by atoms with Gasteiger partial charge in [-0.15, -0.1) is 0 Å². The van der Waals surface area contributed by atoms with Crippen LogP contribution in [0.1, 0.15) is 31.9 Å². The van der Waals surface area contributed by atoms with Crippen molar-refractivity contribution in [3.8, 4) is 0 Å². The number of rotatable bonds is 4. The number of benzene rings is 1. The molecule has 1 aromatic rings. The van der Waals surface area contributed by atoms with Crippen molar-refractivity contribution >= 4 is 22.9 Å². The van der Waals surface area contributed by atoms with Crippen molar-refractivity contribution < 1.29 is 0 Å². The highest BCUT2D eigenvalue weighted by molar-refractivity contribution is 7.80. The average Bonchev–Trinajstić information content (AvgIpc) is 2.26. The number of hydrogen-bond donors (Lipinski definition) is 1. The molecular weight excluding hydrogens is 228 g/mol. The summed E-state index contributed by atoms with van der Waals surface area (Å²) in [4.78, 5) is 2.76. The van der Waals surface area contributed by atoms with E-state index in [1.807, 2.05) is 13.0 Å². The summed E-state index contributed by atoms with van der Waals surface area (Å²) in [6, 6.07) is 6.75. The van der Waals surface area contributed by atoms with E-state index in [-0.39, 0.29) is 0 Å². The molecule has 0 amide bonds. The molecule has 2 nitrogen and oxygen atoms in total. The van der Waals surface area contributed by atoms with Crippen molar-refractivity contribution in [1.82, 2.24) is 0 Å². The quantitative estimate of drug-likeness (QED) is 0.833. The second-order valence-electron chi connectivity index (χ2n) is 4.96. The van der Waals surface area contributed by atoms with E-state index in [9.17, 15) is 0 Å². The minimum Gasteiger partial charge on any atom is -0.389 e. The van der Waals surface area contributed by atoms with Gasteiger partial charge in [-0.05, 0) is 43.5 Å². The molecule has 0 aliphatic carbocycles. The van der Waals surface area contributed by atoms with Gasteiger partial charge < -0.3 is 10.6 Å². The normalized spacial score (nSPS) is 12.6. The monoisotopic (exact) mass is 250 g/mol. The smallest absolute Gasteiger partial charge is 0.104 e. The Morgan fingerprint density at radius 2 is 1.88 bits per heavy atom. The Labute approximate surface area is 110 Å². The highest BCUT2D eigenvalue weighted by Crippen LogP contribution is 2.22. The second-order valence-corrected chi connectivity index (χ2v) is 5.40. The van der Waals surface area contributed by atoms with Crippen LogP contribution in [0, 0.1) is 12.8 Å². The van der Waals surface area contributed by atoms with E-state index < -0.39 is 0 Å². The SMILES string of the molecule is Cc1cc(N(C)C(C)C(C)C)ccc1C(N)=S. The number of hydrogen-bond acceptors (Lipinski definition) is 2. The molecule has 94 valence electrons. The van der Waals surface area contributed by atoms with Gasteiger partial charge in [-0.3, -0.25) is 0 Å². The molecule has 1 atom stereocenters. The van der Waals surface area contributed by atoms with E-state index in [1.54, 1.807) is 0 Å². The van der Waals surface area contributed by atoms with Crippen LogP contribution in [0.3, 0.4) is 0 Å². The van der Waals surface area contributed by atoms with Gasteiger partial charge >= 0.3 is 0 Å². The van der Waals surface area contributed by atoms with Gasteiger partial charge in [-0.1, -0.05) is 26.1 Å². The first-order chi connectivity index (χ1) is 7.84. The van der Waals surface area contributed by atoms with Crippen LogP contribution in [0.5, 0.6) is 0 Å². The lowest BCUT2D eigenvalue weighted by Gasteiger charge is -2.30. The molecule has 0 aliphatic heterocycles. The van der Waals surface area contributed by atoms with Crippen LogP contribution in [0.25, 0.3) is 0 Å². The van der Waals surface area contributed by atoms with Gasteiger partial charge in [0.05, 0.1) is 0 Å². The summed E-state index contributed by atoms with van der Waals surface area (Å²) in [5, 5.41) is 0. The molecule has 2 N–H and O–H groups in total. The third-order valence-electron chi connectivity index (χ3n) is 3.46. The largest absolute Gasteiger partial charge is 0.389 e.